The minimum Gasteiger partial charge on any atom is -0.355 e. The Morgan fingerprint density at radius 3 is 2.73 bits per heavy atom. The van der Waals surface area contributed by atoms with Gasteiger partial charge in [-0.05, 0) is 30.5 Å². The van der Waals surface area contributed by atoms with Crippen LogP contribution in [0.1, 0.15) is 31.7 Å². The van der Waals surface area contributed by atoms with Gasteiger partial charge in [-0.2, -0.15) is 0 Å². The normalized spacial score (nSPS) is 17.8. The van der Waals surface area contributed by atoms with Gasteiger partial charge in [-0.1, -0.05) is 25.5 Å². The molecule has 0 radical (unpaired) electrons. The van der Waals surface area contributed by atoms with Crippen molar-refractivity contribution < 1.29 is 9.59 Å². The van der Waals surface area contributed by atoms with Gasteiger partial charge in [-0.25, -0.2) is 0 Å². The zero-order valence-corrected chi connectivity index (χ0v) is 13.2. The van der Waals surface area contributed by atoms with Crippen molar-refractivity contribution in [2.24, 2.45) is 11.7 Å². The molecule has 1 heterocycles. The smallest absolute Gasteiger partial charge is 0.227 e. The molecule has 1 atom stereocenters. The molecule has 1 aliphatic rings. The lowest BCUT2D eigenvalue weighted by Gasteiger charge is -2.17. The van der Waals surface area contributed by atoms with Gasteiger partial charge in [-0.3, -0.25) is 9.59 Å². The number of hydrogen-bond donors (Lipinski definition) is 2. The fourth-order valence-electron chi connectivity index (χ4n) is 2.70. The van der Waals surface area contributed by atoms with Crippen molar-refractivity contribution in [3.05, 3.63) is 29.8 Å². The molecule has 0 saturated carbocycles. The van der Waals surface area contributed by atoms with Crippen LogP contribution in [0, 0.1) is 5.92 Å². The van der Waals surface area contributed by atoms with E-state index in [9.17, 15) is 9.59 Å². The van der Waals surface area contributed by atoms with Gasteiger partial charge in [0.05, 0.1) is 5.92 Å². The number of nitrogens with one attached hydrogen (secondary N) is 1. The van der Waals surface area contributed by atoms with Crippen molar-refractivity contribution in [3.8, 4) is 0 Å². The lowest BCUT2D eigenvalue weighted by Crippen LogP contribution is -2.35. The molecule has 0 spiro atoms. The molecule has 5 nitrogen and oxygen atoms in total. The number of carbonyl (C=O) groups excluding carboxylic acids is 2. The zero-order chi connectivity index (χ0) is 15.9. The molecule has 0 aliphatic carbocycles. The summed E-state index contributed by atoms with van der Waals surface area (Å²) in [6.45, 7) is 3.49. The Hall–Kier alpha value is -1.88. The summed E-state index contributed by atoms with van der Waals surface area (Å²) in [5, 5.41) is 2.76. The van der Waals surface area contributed by atoms with Gasteiger partial charge in [0.2, 0.25) is 11.8 Å². The fourth-order valence-corrected chi connectivity index (χ4v) is 2.70. The summed E-state index contributed by atoms with van der Waals surface area (Å²) in [4.78, 5) is 25.8. The summed E-state index contributed by atoms with van der Waals surface area (Å²) >= 11 is 0. The number of anilines is 1. The van der Waals surface area contributed by atoms with Crippen LogP contribution >= 0.6 is 0 Å². The first-order chi connectivity index (χ1) is 10.7. The van der Waals surface area contributed by atoms with Crippen molar-refractivity contribution in [2.75, 3.05) is 24.5 Å². The maximum atomic E-state index is 12.1. The molecule has 22 heavy (non-hydrogen) atoms. The van der Waals surface area contributed by atoms with E-state index < -0.39 is 0 Å². The number of nitrogens with two attached hydrogens (primary N) is 1. The first-order valence-corrected chi connectivity index (χ1v) is 8.02. The molecule has 1 aromatic rings. The molecule has 1 unspecified atom stereocenters. The maximum Gasteiger partial charge on any atom is 0.227 e. The fraction of sp³-hybridized carbons (Fsp3) is 0.529. The Balaban J connectivity index is 1.97. The summed E-state index contributed by atoms with van der Waals surface area (Å²) in [5.74, 6) is -0.353. The number of carbonyl (C=O) groups is 2. The number of nitrogens with zero attached hydrogens (tertiary/aromatic N) is 1. The Bertz CT molecular complexity index is 513. The third kappa shape index (κ3) is 4.07. The van der Waals surface area contributed by atoms with E-state index in [1.165, 1.54) is 18.4 Å². The molecule has 2 amide bonds. The molecule has 120 valence electrons. The second kappa shape index (κ2) is 7.94. The van der Waals surface area contributed by atoms with Crippen LogP contribution in [-0.2, 0) is 16.0 Å². The van der Waals surface area contributed by atoms with Crippen molar-refractivity contribution in [1.29, 1.82) is 0 Å². The summed E-state index contributed by atoms with van der Waals surface area (Å²) in [5.41, 5.74) is 7.54. The molecule has 1 aromatic carbocycles. The first-order valence-electron chi connectivity index (χ1n) is 8.02. The van der Waals surface area contributed by atoms with Crippen molar-refractivity contribution >= 4 is 17.5 Å². The Morgan fingerprint density at radius 1 is 1.36 bits per heavy atom. The van der Waals surface area contributed by atoms with Gasteiger partial charge in [-0.15, -0.1) is 0 Å². The molecule has 5 heteroatoms. The minimum atomic E-state index is -0.279. The van der Waals surface area contributed by atoms with E-state index >= 15 is 0 Å². The average molecular weight is 303 g/mol. The number of benzene rings is 1. The third-order valence-corrected chi connectivity index (χ3v) is 4.01. The number of rotatable bonds is 7. The van der Waals surface area contributed by atoms with E-state index in [-0.39, 0.29) is 24.2 Å². The van der Waals surface area contributed by atoms with Crippen LogP contribution in [0.5, 0.6) is 0 Å². The highest BCUT2D eigenvalue weighted by molar-refractivity contribution is 6.00. The highest BCUT2D eigenvalue weighted by Crippen LogP contribution is 2.25. The van der Waals surface area contributed by atoms with E-state index in [0.717, 1.165) is 12.1 Å². The molecule has 0 aromatic heterocycles. The molecular formula is C17H25N3O2. The summed E-state index contributed by atoms with van der Waals surface area (Å²) in [6, 6.07) is 8.09. The van der Waals surface area contributed by atoms with Crippen LogP contribution in [0.4, 0.5) is 5.69 Å². The van der Waals surface area contributed by atoms with Crippen LogP contribution in [0.2, 0.25) is 0 Å². The predicted octanol–water partition coefficient (Wildman–Crippen LogP) is 1.46. The summed E-state index contributed by atoms with van der Waals surface area (Å²) in [7, 11) is 0. The zero-order valence-electron chi connectivity index (χ0n) is 13.2. The first kappa shape index (κ1) is 16.5. The Kier molecular flexibility index (Phi) is 5.95. The third-order valence-electron chi connectivity index (χ3n) is 4.01. The van der Waals surface area contributed by atoms with E-state index in [2.05, 4.69) is 24.4 Å². The monoisotopic (exact) mass is 303 g/mol. The largest absolute Gasteiger partial charge is 0.355 e. The molecule has 1 aliphatic heterocycles. The average Bonchev–Trinajstić information content (AvgIpc) is 2.93. The SMILES string of the molecule is CCCCc1ccc(N2CC(C(=O)NCCN)CC2=O)cc1. The van der Waals surface area contributed by atoms with E-state index in [1.807, 2.05) is 12.1 Å². The van der Waals surface area contributed by atoms with Gasteiger partial charge >= 0.3 is 0 Å². The summed E-state index contributed by atoms with van der Waals surface area (Å²) < 4.78 is 0. The van der Waals surface area contributed by atoms with E-state index in [1.54, 1.807) is 4.90 Å². The highest BCUT2D eigenvalue weighted by Gasteiger charge is 2.34. The van der Waals surface area contributed by atoms with Crippen molar-refractivity contribution in [2.45, 2.75) is 32.6 Å². The van der Waals surface area contributed by atoms with Crippen LogP contribution in [0.15, 0.2) is 24.3 Å². The van der Waals surface area contributed by atoms with Crippen LogP contribution in [0.3, 0.4) is 0 Å². The number of unbranched alkanes of at least 4 members (excludes halogenated alkanes) is 1. The lowest BCUT2D eigenvalue weighted by molar-refractivity contribution is -0.126. The van der Waals surface area contributed by atoms with E-state index in [0.29, 0.717) is 19.6 Å². The number of amides is 2. The van der Waals surface area contributed by atoms with Gasteiger partial charge in [0.25, 0.3) is 0 Å². The highest BCUT2D eigenvalue weighted by atomic mass is 16.2. The maximum absolute atomic E-state index is 12.1. The molecule has 3 N–H and O–H groups in total. The topological polar surface area (TPSA) is 75.4 Å². The quantitative estimate of drug-likeness (QED) is 0.800. The minimum absolute atomic E-state index is 0.00852. The molecule has 0 bridgehead atoms. The van der Waals surface area contributed by atoms with Crippen LogP contribution < -0.4 is 16.0 Å². The standard InChI is InChI=1S/C17H25N3O2/c1-2-3-4-13-5-7-15(8-6-13)20-12-14(11-16(20)21)17(22)19-10-9-18/h5-8,14H,2-4,9-12,18H2,1H3,(H,19,22). The lowest BCUT2D eigenvalue weighted by atomic mass is 10.1. The molecule has 1 fully saturated rings. The van der Waals surface area contributed by atoms with Crippen molar-refractivity contribution in [3.63, 3.8) is 0 Å². The van der Waals surface area contributed by atoms with Gasteiger partial charge in [0.15, 0.2) is 0 Å². The summed E-state index contributed by atoms with van der Waals surface area (Å²) in [6.07, 6.45) is 3.68. The Labute approximate surface area is 131 Å². The number of hydrogen-bond acceptors (Lipinski definition) is 3. The molecular weight excluding hydrogens is 278 g/mol. The van der Waals surface area contributed by atoms with E-state index in [4.69, 9.17) is 5.73 Å². The van der Waals surface area contributed by atoms with Gasteiger partial charge in [0.1, 0.15) is 0 Å². The van der Waals surface area contributed by atoms with Crippen LogP contribution in [-0.4, -0.2) is 31.4 Å². The van der Waals surface area contributed by atoms with Gasteiger partial charge in [0, 0.05) is 31.7 Å². The second-order valence-corrected chi connectivity index (χ2v) is 5.76. The van der Waals surface area contributed by atoms with Crippen LogP contribution in [0.25, 0.3) is 0 Å². The number of aryl methyl sites for hydroxylation is 1. The second-order valence-electron chi connectivity index (χ2n) is 5.76. The molecule has 2 rings (SSSR count). The molecule has 1 saturated heterocycles. The van der Waals surface area contributed by atoms with Crippen molar-refractivity contribution in [1.82, 2.24) is 5.32 Å². The Morgan fingerprint density at radius 2 is 2.09 bits per heavy atom. The predicted molar refractivity (Wildman–Crippen MR) is 87.6 cm³/mol. The van der Waals surface area contributed by atoms with Gasteiger partial charge < -0.3 is 16.0 Å².